The van der Waals surface area contributed by atoms with Crippen molar-refractivity contribution in [3.8, 4) is 0 Å². The molecule has 1 aromatic heterocycles. The van der Waals surface area contributed by atoms with Crippen LogP contribution in [0.1, 0.15) is 23.0 Å². The lowest BCUT2D eigenvalue weighted by Crippen LogP contribution is -2.33. The van der Waals surface area contributed by atoms with Crippen LogP contribution in [-0.2, 0) is 0 Å². The summed E-state index contributed by atoms with van der Waals surface area (Å²) in [5, 5.41) is 1.90. The molecular formula is C10H14N2OS2. The van der Waals surface area contributed by atoms with E-state index in [2.05, 4.69) is 0 Å². The molecule has 0 saturated heterocycles. The maximum Gasteiger partial charge on any atom is 0.263 e. The van der Waals surface area contributed by atoms with E-state index in [4.69, 9.17) is 18.0 Å². The van der Waals surface area contributed by atoms with Crippen molar-refractivity contribution >= 4 is 34.5 Å². The summed E-state index contributed by atoms with van der Waals surface area (Å²) >= 11 is 6.24. The van der Waals surface area contributed by atoms with Crippen LogP contribution in [0.4, 0.5) is 0 Å². The second kappa shape index (κ2) is 5.82. The monoisotopic (exact) mass is 242 g/mol. The van der Waals surface area contributed by atoms with Gasteiger partial charge in [0.25, 0.3) is 5.91 Å². The summed E-state index contributed by atoms with van der Waals surface area (Å²) in [6.45, 7) is 3.23. The van der Waals surface area contributed by atoms with Crippen LogP contribution in [0.5, 0.6) is 0 Å². The third-order valence-electron chi connectivity index (χ3n) is 2.03. The van der Waals surface area contributed by atoms with Crippen LogP contribution in [0.2, 0.25) is 0 Å². The van der Waals surface area contributed by atoms with Crippen LogP contribution in [0, 0.1) is 0 Å². The molecule has 1 heterocycles. The van der Waals surface area contributed by atoms with Gasteiger partial charge in [-0.05, 0) is 18.4 Å². The van der Waals surface area contributed by atoms with Crippen molar-refractivity contribution in [2.75, 3.05) is 13.1 Å². The Morgan fingerprint density at radius 3 is 2.87 bits per heavy atom. The van der Waals surface area contributed by atoms with E-state index in [0.29, 0.717) is 24.5 Å². The number of carbonyl (C=O) groups excluding carboxylic acids is 1. The van der Waals surface area contributed by atoms with E-state index in [9.17, 15) is 4.79 Å². The Morgan fingerprint density at radius 1 is 1.67 bits per heavy atom. The first kappa shape index (κ1) is 12.1. The van der Waals surface area contributed by atoms with E-state index in [0.717, 1.165) is 4.88 Å². The van der Waals surface area contributed by atoms with Gasteiger partial charge < -0.3 is 10.6 Å². The number of amides is 1. The van der Waals surface area contributed by atoms with Crippen LogP contribution in [0.3, 0.4) is 0 Å². The van der Waals surface area contributed by atoms with Crippen molar-refractivity contribution in [1.82, 2.24) is 4.90 Å². The minimum atomic E-state index is 0.0590. The molecule has 0 fully saturated rings. The average molecular weight is 242 g/mol. The van der Waals surface area contributed by atoms with Gasteiger partial charge in [0.15, 0.2) is 0 Å². The maximum absolute atomic E-state index is 11.9. The average Bonchev–Trinajstić information content (AvgIpc) is 2.70. The highest BCUT2D eigenvalue weighted by Crippen LogP contribution is 2.12. The molecule has 0 saturated carbocycles. The molecule has 0 aliphatic rings. The zero-order valence-electron chi connectivity index (χ0n) is 8.60. The van der Waals surface area contributed by atoms with Gasteiger partial charge in [-0.25, -0.2) is 0 Å². The Bertz CT molecular complexity index is 335. The quantitative estimate of drug-likeness (QED) is 0.802. The summed E-state index contributed by atoms with van der Waals surface area (Å²) in [7, 11) is 0. The molecule has 0 unspecified atom stereocenters. The topological polar surface area (TPSA) is 46.3 Å². The highest BCUT2D eigenvalue weighted by molar-refractivity contribution is 7.80. The first-order valence-corrected chi connectivity index (χ1v) is 6.05. The minimum Gasteiger partial charge on any atom is -0.393 e. The van der Waals surface area contributed by atoms with E-state index < -0.39 is 0 Å². The van der Waals surface area contributed by atoms with Crippen molar-refractivity contribution in [3.05, 3.63) is 22.4 Å². The Labute approximate surface area is 98.9 Å². The Kier molecular flexibility index (Phi) is 4.71. The van der Waals surface area contributed by atoms with Gasteiger partial charge in [-0.3, -0.25) is 4.79 Å². The molecule has 0 radical (unpaired) electrons. The molecule has 0 bridgehead atoms. The van der Waals surface area contributed by atoms with E-state index in [-0.39, 0.29) is 5.91 Å². The van der Waals surface area contributed by atoms with Crippen LogP contribution < -0.4 is 5.73 Å². The first-order valence-electron chi connectivity index (χ1n) is 4.76. The molecule has 1 aromatic rings. The van der Waals surface area contributed by atoms with E-state index in [1.54, 1.807) is 4.90 Å². The molecule has 1 amide bonds. The lowest BCUT2D eigenvalue weighted by atomic mass is 10.3. The van der Waals surface area contributed by atoms with Crippen molar-refractivity contribution in [1.29, 1.82) is 0 Å². The fraction of sp³-hybridized carbons (Fsp3) is 0.400. The van der Waals surface area contributed by atoms with Crippen molar-refractivity contribution in [2.45, 2.75) is 13.3 Å². The fourth-order valence-electron chi connectivity index (χ4n) is 1.20. The molecule has 0 spiro atoms. The zero-order chi connectivity index (χ0) is 11.3. The van der Waals surface area contributed by atoms with Crippen LogP contribution in [0.25, 0.3) is 0 Å². The van der Waals surface area contributed by atoms with Gasteiger partial charge in [0.05, 0.1) is 9.87 Å². The number of nitrogens with zero attached hydrogens (tertiary/aromatic N) is 1. The van der Waals surface area contributed by atoms with Gasteiger partial charge in [-0.15, -0.1) is 11.3 Å². The molecule has 1 rings (SSSR count). The molecule has 0 atom stereocenters. The lowest BCUT2D eigenvalue weighted by Gasteiger charge is -2.19. The van der Waals surface area contributed by atoms with Crippen molar-refractivity contribution < 1.29 is 4.79 Å². The zero-order valence-corrected chi connectivity index (χ0v) is 10.2. The molecule has 3 nitrogen and oxygen atoms in total. The molecule has 5 heteroatoms. The highest BCUT2D eigenvalue weighted by Gasteiger charge is 2.14. The van der Waals surface area contributed by atoms with Crippen LogP contribution in [-0.4, -0.2) is 28.9 Å². The lowest BCUT2D eigenvalue weighted by molar-refractivity contribution is 0.0774. The van der Waals surface area contributed by atoms with E-state index >= 15 is 0 Å². The van der Waals surface area contributed by atoms with Gasteiger partial charge in [0.2, 0.25) is 0 Å². The smallest absolute Gasteiger partial charge is 0.263 e. The number of hydrogen-bond donors (Lipinski definition) is 1. The van der Waals surface area contributed by atoms with Gasteiger partial charge in [0, 0.05) is 19.5 Å². The third kappa shape index (κ3) is 3.60. The molecule has 15 heavy (non-hydrogen) atoms. The second-order valence-corrected chi connectivity index (χ2v) is 4.55. The first-order chi connectivity index (χ1) is 7.15. The largest absolute Gasteiger partial charge is 0.393 e. The van der Waals surface area contributed by atoms with Crippen molar-refractivity contribution in [2.24, 2.45) is 5.73 Å². The summed E-state index contributed by atoms with van der Waals surface area (Å²) in [6, 6.07) is 3.70. The fourth-order valence-corrected chi connectivity index (χ4v) is 1.99. The summed E-state index contributed by atoms with van der Waals surface area (Å²) in [4.78, 5) is 14.9. The second-order valence-electron chi connectivity index (χ2n) is 3.08. The predicted octanol–water partition coefficient (Wildman–Crippen LogP) is 1.89. The molecule has 2 N–H and O–H groups in total. The number of thiocarbonyl (C=S) groups is 1. The maximum atomic E-state index is 11.9. The molecule has 0 aliphatic carbocycles. The Balaban J connectivity index is 2.59. The number of nitrogens with two attached hydrogens (primary N) is 1. The number of hydrogen-bond acceptors (Lipinski definition) is 3. The molecule has 0 aliphatic heterocycles. The van der Waals surface area contributed by atoms with E-state index in [1.165, 1.54) is 11.3 Å². The Hall–Kier alpha value is -0.940. The molecular weight excluding hydrogens is 228 g/mol. The van der Waals surface area contributed by atoms with Crippen LogP contribution in [0.15, 0.2) is 17.5 Å². The predicted molar refractivity (Wildman–Crippen MR) is 67.3 cm³/mol. The van der Waals surface area contributed by atoms with E-state index in [1.807, 2.05) is 24.4 Å². The third-order valence-corrected chi connectivity index (χ3v) is 3.09. The summed E-state index contributed by atoms with van der Waals surface area (Å²) in [6.07, 6.45) is 0.584. The summed E-state index contributed by atoms with van der Waals surface area (Å²) in [5.74, 6) is 0.0590. The normalized spacial score (nSPS) is 9.93. The highest BCUT2D eigenvalue weighted by atomic mass is 32.1. The van der Waals surface area contributed by atoms with Crippen LogP contribution >= 0.6 is 23.6 Å². The Morgan fingerprint density at radius 2 is 2.40 bits per heavy atom. The number of thiophene rings is 1. The SMILES string of the molecule is CCN(CCC(N)=S)C(=O)c1cccs1. The van der Waals surface area contributed by atoms with Gasteiger partial charge >= 0.3 is 0 Å². The number of rotatable bonds is 5. The minimum absolute atomic E-state index is 0.0590. The van der Waals surface area contributed by atoms with Crippen molar-refractivity contribution in [3.63, 3.8) is 0 Å². The van der Waals surface area contributed by atoms with Gasteiger partial charge in [-0.1, -0.05) is 18.3 Å². The standard InChI is InChI=1S/C10H14N2OS2/c1-2-12(6-5-9(11)14)10(13)8-4-3-7-15-8/h3-4,7H,2,5-6H2,1H3,(H2,11,14). The summed E-state index contributed by atoms with van der Waals surface area (Å²) < 4.78 is 0. The summed E-state index contributed by atoms with van der Waals surface area (Å²) in [5.41, 5.74) is 5.41. The molecule has 82 valence electrons. The van der Waals surface area contributed by atoms with Gasteiger partial charge in [0.1, 0.15) is 0 Å². The number of carbonyl (C=O) groups is 1. The van der Waals surface area contributed by atoms with Gasteiger partial charge in [-0.2, -0.15) is 0 Å². The molecule has 0 aromatic carbocycles.